The highest BCUT2D eigenvalue weighted by molar-refractivity contribution is 5.93. The zero-order valence-corrected chi connectivity index (χ0v) is 9.21. The third-order valence-corrected chi connectivity index (χ3v) is 2.81. The zero-order chi connectivity index (χ0) is 11.1. The molecule has 0 radical (unpaired) electrons. The Bertz CT molecular complexity index is 289. The van der Waals surface area contributed by atoms with Gasteiger partial charge in [0.2, 0.25) is 0 Å². The van der Waals surface area contributed by atoms with E-state index in [1.165, 1.54) is 26.4 Å². The number of hydrogen-bond acceptors (Lipinski definition) is 3. The van der Waals surface area contributed by atoms with E-state index in [4.69, 9.17) is 5.26 Å². The van der Waals surface area contributed by atoms with Crippen molar-refractivity contribution in [3.05, 3.63) is 11.1 Å². The van der Waals surface area contributed by atoms with E-state index in [1.54, 1.807) is 0 Å². The van der Waals surface area contributed by atoms with E-state index < -0.39 is 5.97 Å². The predicted octanol–water partition coefficient (Wildman–Crippen LogP) is 2.72. The van der Waals surface area contributed by atoms with Crippen molar-refractivity contribution in [2.75, 3.05) is 7.11 Å². The van der Waals surface area contributed by atoms with Gasteiger partial charge >= 0.3 is 5.97 Å². The molecule has 0 spiro atoms. The minimum atomic E-state index is -0.479. The summed E-state index contributed by atoms with van der Waals surface area (Å²) in [7, 11) is 1.32. The molecule has 0 saturated heterocycles. The summed E-state index contributed by atoms with van der Waals surface area (Å²) >= 11 is 0. The van der Waals surface area contributed by atoms with Gasteiger partial charge in [0.1, 0.15) is 11.6 Å². The molecule has 1 saturated carbocycles. The van der Waals surface area contributed by atoms with Crippen molar-refractivity contribution in [2.45, 2.75) is 44.9 Å². The molecular formula is C12H17NO2. The van der Waals surface area contributed by atoms with E-state index in [0.717, 1.165) is 31.3 Å². The molecule has 0 aromatic heterocycles. The highest BCUT2D eigenvalue weighted by Crippen LogP contribution is 2.24. The Hall–Kier alpha value is -1.30. The van der Waals surface area contributed by atoms with Crippen LogP contribution >= 0.6 is 0 Å². The lowest BCUT2D eigenvalue weighted by atomic mass is 9.93. The van der Waals surface area contributed by atoms with Crippen LogP contribution in [-0.4, -0.2) is 13.1 Å². The summed E-state index contributed by atoms with van der Waals surface area (Å²) < 4.78 is 4.61. The lowest BCUT2D eigenvalue weighted by Crippen LogP contribution is -2.07. The number of methoxy groups -OCH3 is 1. The van der Waals surface area contributed by atoms with E-state index >= 15 is 0 Å². The molecule has 3 heteroatoms. The fourth-order valence-corrected chi connectivity index (χ4v) is 1.95. The van der Waals surface area contributed by atoms with E-state index in [1.807, 2.05) is 6.07 Å². The average molecular weight is 207 g/mol. The van der Waals surface area contributed by atoms with Crippen molar-refractivity contribution >= 4 is 5.97 Å². The molecule has 3 nitrogen and oxygen atoms in total. The monoisotopic (exact) mass is 207 g/mol. The van der Waals surface area contributed by atoms with Gasteiger partial charge in [0.05, 0.1) is 7.11 Å². The lowest BCUT2D eigenvalue weighted by molar-refractivity contribution is -0.135. The Morgan fingerprint density at radius 2 is 1.73 bits per heavy atom. The topological polar surface area (TPSA) is 50.1 Å². The molecule has 0 heterocycles. The molecule has 15 heavy (non-hydrogen) atoms. The van der Waals surface area contributed by atoms with Gasteiger partial charge in [-0.2, -0.15) is 5.26 Å². The summed E-state index contributed by atoms with van der Waals surface area (Å²) in [4.78, 5) is 11.3. The van der Waals surface area contributed by atoms with Crippen LogP contribution in [0.4, 0.5) is 0 Å². The van der Waals surface area contributed by atoms with Crippen LogP contribution < -0.4 is 0 Å². The standard InChI is InChI=1S/C12H17NO2/c1-15-12(14)11(9-13)10-7-5-3-2-4-6-8-10/h2-8H2,1H3. The van der Waals surface area contributed by atoms with Crippen LogP contribution in [0.2, 0.25) is 0 Å². The second kappa shape index (κ2) is 6.23. The van der Waals surface area contributed by atoms with Gasteiger partial charge in [0.25, 0.3) is 0 Å². The number of ether oxygens (including phenoxy) is 1. The molecule has 0 unspecified atom stereocenters. The lowest BCUT2D eigenvalue weighted by Gasteiger charge is -2.13. The van der Waals surface area contributed by atoms with Crippen LogP contribution in [0.25, 0.3) is 0 Å². The summed E-state index contributed by atoms with van der Waals surface area (Å²) in [5.41, 5.74) is 1.23. The number of rotatable bonds is 1. The Kier molecular flexibility index (Phi) is 4.89. The Balaban J connectivity index is 2.81. The third-order valence-electron chi connectivity index (χ3n) is 2.81. The van der Waals surface area contributed by atoms with Crippen LogP contribution in [0.15, 0.2) is 11.1 Å². The van der Waals surface area contributed by atoms with Gasteiger partial charge in [0.15, 0.2) is 0 Å². The summed E-state index contributed by atoms with van der Waals surface area (Å²) in [5, 5.41) is 8.93. The minimum Gasteiger partial charge on any atom is -0.465 e. The number of nitriles is 1. The van der Waals surface area contributed by atoms with Gasteiger partial charge in [-0.15, -0.1) is 0 Å². The number of carbonyl (C=O) groups excluding carboxylic acids is 1. The van der Waals surface area contributed by atoms with Gasteiger partial charge in [-0.1, -0.05) is 19.3 Å². The van der Waals surface area contributed by atoms with Crippen LogP contribution in [0, 0.1) is 11.3 Å². The second-order valence-corrected chi connectivity index (χ2v) is 3.85. The molecule has 1 aliphatic rings. The SMILES string of the molecule is COC(=O)C(C#N)=C1CCCCCCC1. The first-order valence-electron chi connectivity index (χ1n) is 5.50. The number of allylic oxidation sites excluding steroid dienone is 1. The number of nitrogens with zero attached hydrogens (tertiary/aromatic N) is 1. The molecule has 82 valence electrons. The number of carbonyl (C=O) groups is 1. The largest absolute Gasteiger partial charge is 0.465 e. The van der Waals surface area contributed by atoms with E-state index in [9.17, 15) is 4.79 Å². The second-order valence-electron chi connectivity index (χ2n) is 3.85. The molecule has 1 fully saturated rings. The minimum absolute atomic E-state index is 0.236. The zero-order valence-electron chi connectivity index (χ0n) is 9.21. The first-order chi connectivity index (χ1) is 7.29. The molecule has 1 rings (SSSR count). The maximum atomic E-state index is 11.3. The third kappa shape index (κ3) is 3.39. The molecular weight excluding hydrogens is 190 g/mol. The molecule has 0 amide bonds. The van der Waals surface area contributed by atoms with Gasteiger partial charge in [0, 0.05) is 0 Å². The number of esters is 1. The van der Waals surface area contributed by atoms with Crippen molar-refractivity contribution in [1.29, 1.82) is 5.26 Å². The molecule has 0 bridgehead atoms. The van der Waals surface area contributed by atoms with Crippen LogP contribution in [0.3, 0.4) is 0 Å². The summed E-state index contributed by atoms with van der Waals surface area (Å²) in [6.07, 6.45) is 7.57. The average Bonchev–Trinajstić information content (AvgIpc) is 2.21. The highest BCUT2D eigenvalue weighted by Gasteiger charge is 2.16. The van der Waals surface area contributed by atoms with E-state index in [0.29, 0.717) is 0 Å². The molecule has 0 aliphatic heterocycles. The first-order valence-corrected chi connectivity index (χ1v) is 5.50. The fourth-order valence-electron chi connectivity index (χ4n) is 1.95. The first kappa shape index (κ1) is 11.8. The van der Waals surface area contributed by atoms with E-state index in [-0.39, 0.29) is 5.57 Å². The van der Waals surface area contributed by atoms with Crippen molar-refractivity contribution in [2.24, 2.45) is 0 Å². The van der Waals surface area contributed by atoms with Gasteiger partial charge in [-0.3, -0.25) is 0 Å². The molecule has 0 aromatic rings. The Morgan fingerprint density at radius 3 is 2.20 bits per heavy atom. The maximum absolute atomic E-state index is 11.3. The van der Waals surface area contributed by atoms with Crippen LogP contribution in [-0.2, 0) is 9.53 Å². The van der Waals surface area contributed by atoms with Crippen molar-refractivity contribution < 1.29 is 9.53 Å². The van der Waals surface area contributed by atoms with Crippen LogP contribution in [0.5, 0.6) is 0 Å². The highest BCUT2D eigenvalue weighted by atomic mass is 16.5. The normalized spacial score (nSPS) is 17.2. The maximum Gasteiger partial charge on any atom is 0.348 e. The Morgan fingerprint density at radius 1 is 1.20 bits per heavy atom. The van der Waals surface area contributed by atoms with Crippen molar-refractivity contribution in [3.8, 4) is 6.07 Å². The molecule has 0 atom stereocenters. The fraction of sp³-hybridized carbons (Fsp3) is 0.667. The summed E-state index contributed by atoms with van der Waals surface area (Å²) in [6.45, 7) is 0. The number of hydrogen-bond donors (Lipinski definition) is 0. The molecule has 0 N–H and O–H groups in total. The van der Waals surface area contributed by atoms with Crippen LogP contribution in [0.1, 0.15) is 44.9 Å². The summed E-state index contributed by atoms with van der Waals surface area (Å²) in [6, 6.07) is 1.98. The molecule has 0 aromatic carbocycles. The quantitative estimate of drug-likeness (QED) is 0.377. The van der Waals surface area contributed by atoms with Gasteiger partial charge in [-0.25, -0.2) is 4.79 Å². The molecule has 1 aliphatic carbocycles. The van der Waals surface area contributed by atoms with Crippen molar-refractivity contribution in [3.63, 3.8) is 0 Å². The van der Waals surface area contributed by atoms with Gasteiger partial charge < -0.3 is 4.74 Å². The van der Waals surface area contributed by atoms with Crippen molar-refractivity contribution in [1.82, 2.24) is 0 Å². The summed E-state index contributed by atoms with van der Waals surface area (Å²) in [5.74, 6) is -0.479. The van der Waals surface area contributed by atoms with E-state index in [2.05, 4.69) is 4.74 Å². The smallest absolute Gasteiger partial charge is 0.348 e. The van der Waals surface area contributed by atoms with Gasteiger partial charge in [-0.05, 0) is 31.3 Å². The Labute approximate surface area is 90.7 Å². The predicted molar refractivity (Wildman–Crippen MR) is 57.0 cm³/mol.